The maximum atomic E-state index is 5.28. The Morgan fingerprint density at radius 1 is 1.40 bits per heavy atom. The second-order valence-electron chi connectivity index (χ2n) is 3.27. The van der Waals surface area contributed by atoms with E-state index in [1.54, 1.807) is 6.26 Å². The molecule has 78 valence electrons. The van der Waals surface area contributed by atoms with Crippen molar-refractivity contribution in [1.29, 1.82) is 0 Å². The Bertz CT molecular complexity index is 437. The number of anilines is 1. The predicted molar refractivity (Wildman–Crippen MR) is 58.6 cm³/mol. The zero-order chi connectivity index (χ0) is 10.7. The van der Waals surface area contributed by atoms with Crippen LogP contribution in [-0.2, 0) is 0 Å². The van der Waals surface area contributed by atoms with E-state index in [0.717, 1.165) is 29.4 Å². The first-order valence-electron chi connectivity index (χ1n) is 4.93. The molecule has 2 rings (SSSR count). The number of rotatable bonds is 3. The second kappa shape index (κ2) is 4.13. The van der Waals surface area contributed by atoms with Gasteiger partial charge in [-0.15, -0.1) is 10.2 Å². The van der Waals surface area contributed by atoms with Gasteiger partial charge in [0.25, 0.3) is 0 Å². The van der Waals surface area contributed by atoms with E-state index in [9.17, 15) is 0 Å². The topological polar surface area (TPSA) is 51.0 Å². The van der Waals surface area contributed by atoms with Crippen molar-refractivity contribution in [3.05, 3.63) is 30.0 Å². The molecule has 0 unspecified atom stereocenters. The van der Waals surface area contributed by atoms with E-state index in [2.05, 4.69) is 15.5 Å². The van der Waals surface area contributed by atoms with Gasteiger partial charge in [0.15, 0.2) is 5.76 Å². The summed E-state index contributed by atoms with van der Waals surface area (Å²) in [5, 5.41) is 11.3. The number of hydrogen-bond acceptors (Lipinski definition) is 4. The third kappa shape index (κ3) is 1.98. The van der Waals surface area contributed by atoms with Crippen molar-refractivity contribution in [2.45, 2.75) is 13.8 Å². The minimum atomic E-state index is 0.753. The van der Waals surface area contributed by atoms with E-state index < -0.39 is 0 Å². The molecule has 0 saturated heterocycles. The van der Waals surface area contributed by atoms with Crippen molar-refractivity contribution in [3.8, 4) is 11.5 Å². The lowest BCUT2D eigenvalue weighted by Crippen LogP contribution is -2.02. The Balaban J connectivity index is 2.35. The number of aryl methyl sites for hydroxylation is 1. The molecule has 0 aromatic carbocycles. The minimum absolute atomic E-state index is 0.753. The normalized spacial score (nSPS) is 10.3. The molecule has 15 heavy (non-hydrogen) atoms. The largest absolute Gasteiger partial charge is 0.463 e. The number of nitrogens with zero attached hydrogens (tertiary/aromatic N) is 2. The lowest BCUT2D eigenvalue weighted by atomic mass is 10.2. The standard InChI is InChI=1S/C11H13N3O/c1-3-12-10-7-8(2)11(14-13-10)9-5-4-6-15-9/h4-7H,3H2,1-2H3,(H,12,13). The summed E-state index contributed by atoms with van der Waals surface area (Å²) in [6.07, 6.45) is 1.63. The van der Waals surface area contributed by atoms with Crippen LogP contribution in [0.5, 0.6) is 0 Å². The van der Waals surface area contributed by atoms with Gasteiger partial charge in [0, 0.05) is 6.54 Å². The van der Waals surface area contributed by atoms with Crippen molar-refractivity contribution in [1.82, 2.24) is 10.2 Å². The zero-order valence-electron chi connectivity index (χ0n) is 8.82. The van der Waals surface area contributed by atoms with Gasteiger partial charge in [-0.3, -0.25) is 0 Å². The molecule has 0 saturated carbocycles. The highest BCUT2D eigenvalue weighted by Crippen LogP contribution is 2.21. The van der Waals surface area contributed by atoms with Crippen LogP contribution in [0, 0.1) is 6.92 Å². The predicted octanol–water partition coefficient (Wildman–Crippen LogP) is 2.48. The Labute approximate surface area is 88.3 Å². The van der Waals surface area contributed by atoms with Gasteiger partial charge in [-0.05, 0) is 37.6 Å². The summed E-state index contributed by atoms with van der Waals surface area (Å²) in [6, 6.07) is 5.69. The molecular weight excluding hydrogens is 190 g/mol. The molecule has 4 nitrogen and oxygen atoms in total. The molecule has 0 aliphatic rings. The summed E-state index contributed by atoms with van der Waals surface area (Å²) >= 11 is 0. The van der Waals surface area contributed by atoms with E-state index >= 15 is 0 Å². The van der Waals surface area contributed by atoms with E-state index in [4.69, 9.17) is 4.42 Å². The molecule has 0 aliphatic carbocycles. The fourth-order valence-electron chi connectivity index (χ4n) is 1.41. The molecule has 0 radical (unpaired) electrons. The summed E-state index contributed by atoms with van der Waals surface area (Å²) < 4.78 is 5.28. The van der Waals surface area contributed by atoms with Crippen molar-refractivity contribution in [3.63, 3.8) is 0 Å². The maximum Gasteiger partial charge on any atom is 0.154 e. The van der Waals surface area contributed by atoms with Crippen LogP contribution in [-0.4, -0.2) is 16.7 Å². The Morgan fingerprint density at radius 2 is 2.27 bits per heavy atom. The van der Waals surface area contributed by atoms with Crippen LogP contribution in [0.1, 0.15) is 12.5 Å². The summed E-state index contributed by atoms with van der Waals surface area (Å²) in [5.41, 5.74) is 1.84. The SMILES string of the molecule is CCNc1cc(C)c(-c2ccco2)nn1. The van der Waals surface area contributed by atoms with Gasteiger partial charge in [0.2, 0.25) is 0 Å². The average Bonchev–Trinajstić information content (AvgIpc) is 2.71. The van der Waals surface area contributed by atoms with E-state index in [1.807, 2.05) is 32.0 Å². The van der Waals surface area contributed by atoms with Crippen LogP contribution in [0.2, 0.25) is 0 Å². The molecule has 2 heterocycles. The summed E-state index contributed by atoms with van der Waals surface area (Å²) in [6.45, 7) is 4.86. The quantitative estimate of drug-likeness (QED) is 0.832. The Kier molecular flexibility index (Phi) is 2.67. The molecular formula is C11H13N3O. The third-order valence-corrected chi connectivity index (χ3v) is 2.10. The Hall–Kier alpha value is -1.84. The second-order valence-corrected chi connectivity index (χ2v) is 3.27. The highest BCUT2D eigenvalue weighted by molar-refractivity contribution is 5.58. The van der Waals surface area contributed by atoms with Gasteiger partial charge in [-0.2, -0.15) is 0 Å². The van der Waals surface area contributed by atoms with Crippen molar-refractivity contribution in [2.24, 2.45) is 0 Å². The van der Waals surface area contributed by atoms with Gasteiger partial charge in [-0.1, -0.05) is 0 Å². The molecule has 0 spiro atoms. The monoisotopic (exact) mass is 203 g/mol. The van der Waals surface area contributed by atoms with E-state index in [0.29, 0.717) is 0 Å². The van der Waals surface area contributed by atoms with Crippen LogP contribution in [0.15, 0.2) is 28.9 Å². The molecule has 1 N–H and O–H groups in total. The molecule has 2 aromatic rings. The van der Waals surface area contributed by atoms with Crippen molar-refractivity contribution < 1.29 is 4.42 Å². The first-order valence-corrected chi connectivity index (χ1v) is 4.93. The first kappa shape index (κ1) is 9.71. The molecule has 0 aliphatic heterocycles. The lowest BCUT2D eigenvalue weighted by molar-refractivity contribution is 0.578. The van der Waals surface area contributed by atoms with Crippen molar-refractivity contribution in [2.75, 3.05) is 11.9 Å². The van der Waals surface area contributed by atoms with E-state index in [1.165, 1.54) is 0 Å². The van der Waals surface area contributed by atoms with Crippen LogP contribution in [0.25, 0.3) is 11.5 Å². The molecule has 4 heteroatoms. The van der Waals surface area contributed by atoms with Crippen LogP contribution < -0.4 is 5.32 Å². The van der Waals surface area contributed by atoms with Gasteiger partial charge in [0.05, 0.1) is 6.26 Å². The lowest BCUT2D eigenvalue weighted by Gasteiger charge is -2.04. The molecule has 0 amide bonds. The number of hydrogen-bond donors (Lipinski definition) is 1. The zero-order valence-corrected chi connectivity index (χ0v) is 8.82. The van der Waals surface area contributed by atoms with Crippen molar-refractivity contribution >= 4 is 5.82 Å². The highest BCUT2D eigenvalue weighted by Gasteiger charge is 2.07. The average molecular weight is 203 g/mol. The van der Waals surface area contributed by atoms with Crippen LogP contribution in [0.3, 0.4) is 0 Å². The molecule has 0 bridgehead atoms. The van der Waals surface area contributed by atoms with Crippen LogP contribution in [0.4, 0.5) is 5.82 Å². The van der Waals surface area contributed by atoms with Gasteiger partial charge in [0.1, 0.15) is 11.5 Å². The summed E-state index contributed by atoms with van der Waals surface area (Å²) in [7, 11) is 0. The molecule has 0 fully saturated rings. The number of aromatic nitrogens is 2. The number of furan rings is 1. The molecule has 0 atom stereocenters. The van der Waals surface area contributed by atoms with Gasteiger partial charge >= 0.3 is 0 Å². The smallest absolute Gasteiger partial charge is 0.154 e. The fourth-order valence-corrected chi connectivity index (χ4v) is 1.41. The maximum absolute atomic E-state index is 5.28. The molecule has 2 aromatic heterocycles. The minimum Gasteiger partial charge on any atom is -0.463 e. The van der Waals surface area contributed by atoms with E-state index in [-0.39, 0.29) is 0 Å². The summed E-state index contributed by atoms with van der Waals surface area (Å²) in [5.74, 6) is 1.55. The highest BCUT2D eigenvalue weighted by atomic mass is 16.3. The summed E-state index contributed by atoms with van der Waals surface area (Å²) in [4.78, 5) is 0. The third-order valence-electron chi connectivity index (χ3n) is 2.10. The van der Waals surface area contributed by atoms with Gasteiger partial charge in [-0.25, -0.2) is 0 Å². The Morgan fingerprint density at radius 3 is 2.87 bits per heavy atom. The van der Waals surface area contributed by atoms with Crippen LogP contribution >= 0.6 is 0 Å². The van der Waals surface area contributed by atoms with Gasteiger partial charge < -0.3 is 9.73 Å². The number of nitrogens with one attached hydrogen (secondary N) is 1. The fraction of sp³-hybridized carbons (Fsp3) is 0.273. The first-order chi connectivity index (χ1) is 7.31.